The Morgan fingerprint density at radius 3 is 2.36 bits per heavy atom. The van der Waals surface area contributed by atoms with E-state index in [-0.39, 0.29) is 11.0 Å². The van der Waals surface area contributed by atoms with Crippen LogP contribution in [0.25, 0.3) is 16.6 Å². The first-order valence-corrected chi connectivity index (χ1v) is 12.9. The molecular formula is C27H28N2O3S. The lowest BCUT2D eigenvalue weighted by atomic mass is 9.48. The maximum atomic E-state index is 13.6. The number of ether oxygens (including phenoxy) is 1. The average molecular weight is 461 g/mol. The van der Waals surface area contributed by atoms with Crippen molar-refractivity contribution in [1.82, 2.24) is 9.55 Å². The Morgan fingerprint density at radius 1 is 1.03 bits per heavy atom. The minimum absolute atomic E-state index is 0.144. The van der Waals surface area contributed by atoms with E-state index in [1.165, 1.54) is 31.0 Å². The third-order valence-corrected chi connectivity index (χ3v) is 8.97. The monoisotopic (exact) mass is 460 g/mol. The lowest BCUT2D eigenvalue weighted by Gasteiger charge is -2.56. The Labute approximate surface area is 197 Å². The van der Waals surface area contributed by atoms with Crippen LogP contribution in [-0.2, 0) is 4.79 Å². The molecule has 6 heteroatoms. The highest BCUT2D eigenvalue weighted by molar-refractivity contribution is 7.99. The molecule has 0 spiro atoms. The average Bonchev–Trinajstić information content (AvgIpc) is 2.82. The number of aromatic nitrogens is 2. The summed E-state index contributed by atoms with van der Waals surface area (Å²) in [5, 5.41) is 1.10. The largest absolute Gasteiger partial charge is 0.495 e. The molecule has 170 valence electrons. The second-order valence-electron chi connectivity index (χ2n) is 10.1. The number of hydrogen-bond donors (Lipinski definition) is 0. The fourth-order valence-corrected chi connectivity index (χ4v) is 8.01. The number of rotatable bonds is 6. The van der Waals surface area contributed by atoms with Gasteiger partial charge in [0, 0.05) is 5.41 Å². The van der Waals surface area contributed by atoms with Gasteiger partial charge in [0.15, 0.2) is 5.16 Å². The first-order chi connectivity index (χ1) is 16.1. The van der Waals surface area contributed by atoms with Crippen LogP contribution in [0.3, 0.4) is 0 Å². The van der Waals surface area contributed by atoms with E-state index < -0.39 is 0 Å². The number of fused-ring (bicyclic) bond motifs is 1. The molecule has 0 atom stereocenters. The molecule has 33 heavy (non-hydrogen) atoms. The smallest absolute Gasteiger partial charge is 0.266 e. The summed E-state index contributed by atoms with van der Waals surface area (Å²) in [5.41, 5.74) is 1.01. The number of methoxy groups -OCH3 is 1. The van der Waals surface area contributed by atoms with Crippen molar-refractivity contribution in [3.05, 3.63) is 58.9 Å². The lowest BCUT2D eigenvalue weighted by molar-refractivity contribution is -0.141. The lowest BCUT2D eigenvalue weighted by Crippen LogP contribution is -2.50. The highest BCUT2D eigenvalue weighted by Crippen LogP contribution is 2.60. The molecule has 2 aromatic carbocycles. The summed E-state index contributed by atoms with van der Waals surface area (Å²) in [6.07, 6.45) is 7.13. The summed E-state index contributed by atoms with van der Waals surface area (Å²) in [5.74, 6) is 3.50. The van der Waals surface area contributed by atoms with Gasteiger partial charge in [-0.05, 0) is 80.5 Å². The van der Waals surface area contributed by atoms with Crippen molar-refractivity contribution in [2.75, 3.05) is 12.9 Å². The van der Waals surface area contributed by atoms with Gasteiger partial charge in [-0.2, -0.15) is 0 Å². The molecule has 0 amide bonds. The summed E-state index contributed by atoms with van der Waals surface area (Å²) >= 11 is 1.39. The predicted molar refractivity (Wildman–Crippen MR) is 130 cm³/mol. The summed E-state index contributed by atoms with van der Waals surface area (Å²) in [4.78, 5) is 32.0. The minimum atomic E-state index is -0.145. The molecule has 0 saturated heterocycles. The first-order valence-electron chi connectivity index (χ1n) is 11.9. The molecule has 4 bridgehead atoms. The van der Waals surface area contributed by atoms with Gasteiger partial charge in [0.2, 0.25) is 0 Å². The van der Waals surface area contributed by atoms with Crippen LogP contribution in [0, 0.1) is 23.2 Å². The van der Waals surface area contributed by atoms with Crippen LogP contribution in [-0.4, -0.2) is 28.2 Å². The molecule has 4 aliphatic rings. The van der Waals surface area contributed by atoms with Crippen molar-refractivity contribution in [3.63, 3.8) is 0 Å². The summed E-state index contributed by atoms with van der Waals surface area (Å²) in [7, 11) is 1.60. The third-order valence-electron chi connectivity index (χ3n) is 8.03. The zero-order valence-electron chi connectivity index (χ0n) is 18.8. The van der Waals surface area contributed by atoms with E-state index in [1.54, 1.807) is 17.7 Å². The molecule has 1 aromatic heterocycles. The normalized spacial score (nSPS) is 27.7. The van der Waals surface area contributed by atoms with Gasteiger partial charge in [0.25, 0.3) is 5.56 Å². The number of carbonyl (C=O) groups excluding carboxylic acids is 1. The van der Waals surface area contributed by atoms with Crippen molar-refractivity contribution in [2.45, 2.75) is 43.7 Å². The Bertz CT molecular complexity index is 1260. The number of benzene rings is 2. The second kappa shape index (κ2) is 8.01. The van der Waals surface area contributed by atoms with Crippen molar-refractivity contribution in [1.29, 1.82) is 0 Å². The van der Waals surface area contributed by atoms with Crippen molar-refractivity contribution >= 4 is 28.4 Å². The van der Waals surface area contributed by atoms with E-state index in [2.05, 4.69) is 0 Å². The Kier molecular flexibility index (Phi) is 5.09. The first kappa shape index (κ1) is 21.0. The molecule has 0 unspecified atom stereocenters. The van der Waals surface area contributed by atoms with Crippen molar-refractivity contribution in [2.24, 2.45) is 23.2 Å². The van der Waals surface area contributed by atoms with Crippen molar-refractivity contribution in [3.8, 4) is 11.4 Å². The number of Topliss-reactive ketones (excluding diaryl/α,β-unsaturated/α-hetero) is 1. The molecule has 4 saturated carbocycles. The molecule has 1 heterocycles. The van der Waals surface area contributed by atoms with Crippen LogP contribution in [0.4, 0.5) is 0 Å². The molecule has 4 aliphatic carbocycles. The number of para-hydroxylation sites is 3. The molecule has 3 aromatic rings. The van der Waals surface area contributed by atoms with Crippen LogP contribution < -0.4 is 10.3 Å². The molecule has 7 rings (SSSR count). The second-order valence-corrected chi connectivity index (χ2v) is 11.1. The Balaban J connectivity index is 1.37. The Morgan fingerprint density at radius 2 is 1.67 bits per heavy atom. The fourth-order valence-electron chi connectivity index (χ4n) is 6.97. The van der Waals surface area contributed by atoms with Gasteiger partial charge in [0.1, 0.15) is 11.5 Å². The molecule has 5 nitrogen and oxygen atoms in total. The zero-order valence-corrected chi connectivity index (χ0v) is 19.6. The highest BCUT2D eigenvalue weighted by atomic mass is 32.2. The van der Waals surface area contributed by atoms with Gasteiger partial charge in [-0.3, -0.25) is 14.2 Å². The number of ketones is 1. The van der Waals surface area contributed by atoms with Crippen LogP contribution in [0.15, 0.2) is 58.5 Å². The maximum Gasteiger partial charge on any atom is 0.266 e. The maximum absolute atomic E-state index is 13.6. The Hall–Kier alpha value is -2.60. The zero-order chi connectivity index (χ0) is 22.6. The van der Waals surface area contributed by atoms with Crippen LogP contribution in [0.1, 0.15) is 38.5 Å². The van der Waals surface area contributed by atoms with Crippen LogP contribution in [0.5, 0.6) is 5.75 Å². The summed E-state index contributed by atoms with van der Waals surface area (Å²) < 4.78 is 7.16. The van der Waals surface area contributed by atoms with E-state index >= 15 is 0 Å². The standard InChI is InChI=1S/C27H28N2O3S/c1-32-23-9-5-4-8-22(23)29-25(31)20-6-2-3-7-21(20)28-26(29)33-16-24(30)27-13-17-10-18(14-27)12-19(11-17)15-27/h2-9,17-19H,10-16H2,1H3. The molecule has 0 N–H and O–H groups in total. The SMILES string of the molecule is COc1ccccc1-n1c(SCC(=O)C23CC4CC(CC(C4)C2)C3)nc2ccccc2c1=O. The topological polar surface area (TPSA) is 61.2 Å². The molecular weight excluding hydrogens is 432 g/mol. The minimum Gasteiger partial charge on any atom is -0.495 e. The number of carbonyl (C=O) groups is 1. The van der Waals surface area contributed by atoms with E-state index in [1.807, 2.05) is 42.5 Å². The van der Waals surface area contributed by atoms with E-state index in [4.69, 9.17) is 9.72 Å². The molecule has 0 aliphatic heterocycles. The van der Waals surface area contributed by atoms with Crippen molar-refractivity contribution < 1.29 is 9.53 Å². The molecule has 0 radical (unpaired) electrons. The van der Waals surface area contributed by atoms with Gasteiger partial charge in [-0.25, -0.2) is 4.98 Å². The highest BCUT2D eigenvalue weighted by Gasteiger charge is 2.54. The van der Waals surface area contributed by atoms with E-state index in [9.17, 15) is 9.59 Å². The van der Waals surface area contributed by atoms with Gasteiger partial charge < -0.3 is 4.74 Å². The summed E-state index contributed by atoms with van der Waals surface area (Å²) in [6.45, 7) is 0. The van der Waals surface area contributed by atoms with E-state index in [0.29, 0.717) is 39.0 Å². The van der Waals surface area contributed by atoms with E-state index in [0.717, 1.165) is 37.0 Å². The number of hydrogen-bond acceptors (Lipinski definition) is 5. The molecule has 4 fully saturated rings. The van der Waals surface area contributed by atoms with Gasteiger partial charge in [-0.1, -0.05) is 36.0 Å². The van der Waals surface area contributed by atoms with Gasteiger partial charge in [-0.15, -0.1) is 0 Å². The third kappa shape index (κ3) is 3.50. The number of thioether (sulfide) groups is 1. The van der Waals surface area contributed by atoms with Gasteiger partial charge >= 0.3 is 0 Å². The fraction of sp³-hybridized carbons (Fsp3) is 0.444. The quantitative estimate of drug-likeness (QED) is 0.370. The van der Waals surface area contributed by atoms with Crippen LogP contribution in [0.2, 0.25) is 0 Å². The van der Waals surface area contributed by atoms with Gasteiger partial charge in [0.05, 0.1) is 29.5 Å². The summed E-state index contributed by atoms with van der Waals surface area (Å²) in [6, 6.07) is 14.9. The predicted octanol–water partition coefficient (Wildman–Crippen LogP) is 5.27. The number of nitrogens with zero attached hydrogens (tertiary/aromatic N) is 2. The van der Waals surface area contributed by atoms with Crippen LogP contribution >= 0.6 is 11.8 Å².